The van der Waals surface area contributed by atoms with E-state index in [0.717, 1.165) is 0 Å². The Morgan fingerprint density at radius 2 is 2.09 bits per heavy atom. The van der Waals surface area contributed by atoms with Gasteiger partial charge in [-0.15, -0.1) is 0 Å². The molecule has 1 fully saturated rings. The minimum atomic E-state index is 0.528. The average Bonchev–Trinajstić information content (AvgIpc) is 2.55. The fraction of sp³-hybridized carbons (Fsp3) is 0.600. The van der Waals surface area contributed by atoms with E-state index in [0.29, 0.717) is 5.41 Å². The van der Waals surface area contributed by atoms with Gasteiger partial charge in [-0.1, -0.05) is 19.8 Å². The topological polar surface area (TPSA) is 0 Å². The van der Waals surface area contributed by atoms with Gasteiger partial charge >= 0.3 is 0 Å². The van der Waals surface area contributed by atoms with Gasteiger partial charge in [0.25, 0.3) is 0 Å². The predicted octanol–water partition coefficient (Wildman–Crippen LogP) is 3.58. The molecule has 0 N–H and O–H groups in total. The van der Waals surface area contributed by atoms with Crippen LogP contribution in [0, 0.1) is 0 Å². The average molecular weight is 166 g/mol. The van der Waals surface area contributed by atoms with Gasteiger partial charge in [-0.25, -0.2) is 0 Å². The molecule has 0 bridgehead atoms. The Hall–Kier alpha value is -0.300. The maximum absolute atomic E-state index is 2.40. The van der Waals surface area contributed by atoms with Crippen molar-refractivity contribution in [2.75, 3.05) is 0 Å². The van der Waals surface area contributed by atoms with E-state index in [1.54, 1.807) is 5.56 Å². The predicted molar refractivity (Wildman–Crippen MR) is 50.1 cm³/mol. The number of rotatable bonds is 1. The highest BCUT2D eigenvalue weighted by Crippen LogP contribution is 2.41. The van der Waals surface area contributed by atoms with Crippen LogP contribution in [0.2, 0.25) is 0 Å². The highest BCUT2D eigenvalue weighted by atomic mass is 32.1. The summed E-state index contributed by atoms with van der Waals surface area (Å²) < 4.78 is 0. The van der Waals surface area contributed by atoms with E-state index in [-0.39, 0.29) is 0 Å². The lowest BCUT2D eigenvalue weighted by Gasteiger charge is -2.21. The van der Waals surface area contributed by atoms with Crippen molar-refractivity contribution in [1.29, 1.82) is 0 Å². The molecule has 2 rings (SSSR count). The van der Waals surface area contributed by atoms with Gasteiger partial charge in [-0.05, 0) is 40.6 Å². The Morgan fingerprint density at radius 3 is 2.64 bits per heavy atom. The third-order valence-corrected chi connectivity index (χ3v) is 3.61. The molecule has 60 valence electrons. The molecule has 1 aromatic rings. The largest absolute Gasteiger partial charge is 0.152 e. The minimum absolute atomic E-state index is 0.528. The van der Waals surface area contributed by atoms with Crippen LogP contribution in [0.5, 0.6) is 0 Å². The van der Waals surface area contributed by atoms with Gasteiger partial charge in [0.15, 0.2) is 0 Å². The minimum Gasteiger partial charge on any atom is -0.152 e. The summed E-state index contributed by atoms with van der Waals surface area (Å²) in [6.45, 7) is 2.40. The van der Waals surface area contributed by atoms with E-state index < -0.39 is 0 Å². The first-order valence-electron chi connectivity index (χ1n) is 4.34. The first kappa shape index (κ1) is 7.35. The summed E-state index contributed by atoms with van der Waals surface area (Å²) >= 11 is 1.82. The van der Waals surface area contributed by atoms with Crippen LogP contribution >= 0.6 is 11.3 Å². The first-order valence-corrected chi connectivity index (χ1v) is 5.28. The maximum Gasteiger partial charge on any atom is -0.00557 e. The van der Waals surface area contributed by atoms with Gasteiger partial charge in [0.1, 0.15) is 0 Å². The highest BCUT2D eigenvalue weighted by molar-refractivity contribution is 7.08. The Labute approximate surface area is 72.3 Å². The third-order valence-electron chi connectivity index (χ3n) is 2.93. The van der Waals surface area contributed by atoms with Crippen molar-refractivity contribution in [2.24, 2.45) is 0 Å². The second-order valence-electron chi connectivity index (χ2n) is 3.78. The summed E-state index contributed by atoms with van der Waals surface area (Å²) in [5, 5.41) is 4.50. The van der Waals surface area contributed by atoms with E-state index in [9.17, 15) is 0 Å². The molecule has 0 aliphatic heterocycles. The van der Waals surface area contributed by atoms with Crippen molar-refractivity contribution in [1.82, 2.24) is 0 Å². The molecule has 0 nitrogen and oxygen atoms in total. The number of hydrogen-bond acceptors (Lipinski definition) is 1. The van der Waals surface area contributed by atoms with Crippen LogP contribution in [0.25, 0.3) is 0 Å². The monoisotopic (exact) mass is 166 g/mol. The van der Waals surface area contributed by atoms with Crippen LogP contribution in [-0.2, 0) is 5.41 Å². The third kappa shape index (κ3) is 1.22. The van der Waals surface area contributed by atoms with Gasteiger partial charge in [0, 0.05) is 0 Å². The molecule has 0 amide bonds. The molecule has 0 radical (unpaired) electrons. The summed E-state index contributed by atoms with van der Waals surface area (Å²) in [6.07, 6.45) is 5.63. The fourth-order valence-corrected chi connectivity index (χ4v) is 2.87. The zero-order valence-corrected chi connectivity index (χ0v) is 7.79. The quantitative estimate of drug-likeness (QED) is 0.598. The number of hydrogen-bond donors (Lipinski definition) is 0. The van der Waals surface area contributed by atoms with Gasteiger partial charge in [-0.2, -0.15) is 11.3 Å². The molecule has 1 saturated carbocycles. The molecule has 1 heterocycles. The Balaban J connectivity index is 2.27. The molecule has 0 spiro atoms. The van der Waals surface area contributed by atoms with Gasteiger partial charge < -0.3 is 0 Å². The lowest BCUT2D eigenvalue weighted by molar-refractivity contribution is 0.493. The standard InChI is InChI=1S/C10H14S/c1-10(5-2-3-6-10)9-4-7-11-8-9/h4,7-8H,2-3,5-6H2,1H3. The van der Waals surface area contributed by atoms with Crippen molar-refractivity contribution < 1.29 is 0 Å². The van der Waals surface area contributed by atoms with Crippen LogP contribution < -0.4 is 0 Å². The second-order valence-corrected chi connectivity index (χ2v) is 4.56. The lowest BCUT2D eigenvalue weighted by Crippen LogP contribution is -2.15. The molecule has 1 aliphatic rings. The molecule has 0 aromatic carbocycles. The Kier molecular flexibility index (Phi) is 1.76. The smallest absolute Gasteiger partial charge is 0.00557 e. The first-order chi connectivity index (χ1) is 5.31. The molecule has 11 heavy (non-hydrogen) atoms. The van der Waals surface area contributed by atoms with Crippen molar-refractivity contribution in [3.8, 4) is 0 Å². The van der Waals surface area contributed by atoms with Crippen LogP contribution in [0.4, 0.5) is 0 Å². The van der Waals surface area contributed by atoms with Crippen LogP contribution in [0.1, 0.15) is 38.2 Å². The second kappa shape index (κ2) is 2.63. The summed E-state index contributed by atoms with van der Waals surface area (Å²) in [7, 11) is 0. The van der Waals surface area contributed by atoms with Gasteiger partial charge in [0.05, 0.1) is 0 Å². The Morgan fingerprint density at radius 1 is 1.36 bits per heavy atom. The van der Waals surface area contributed by atoms with E-state index in [1.165, 1.54) is 25.7 Å². The summed E-state index contributed by atoms with van der Waals surface area (Å²) in [5.41, 5.74) is 2.10. The van der Waals surface area contributed by atoms with Crippen molar-refractivity contribution >= 4 is 11.3 Å². The van der Waals surface area contributed by atoms with Crippen LogP contribution in [0.3, 0.4) is 0 Å². The van der Waals surface area contributed by atoms with E-state index in [2.05, 4.69) is 23.8 Å². The van der Waals surface area contributed by atoms with Crippen molar-refractivity contribution in [3.05, 3.63) is 22.4 Å². The van der Waals surface area contributed by atoms with Crippen molar-refractivity contribution in [2.45, 2.75) is 38.0 Å². The lowest BCUT2D eigenvalue weighted by atomic mass is 9.83. The molecular weight excluding hydrogens is 152 g/mol. The van der Waals surface area contributed by atoms with Gasteiger partial charge in [0.2, 0.25) is 0 Å². The van der Waals surface area contributed by atoms with Gasteiger partial charge in [-0.3, -0.25) is 0 Å². The fourth-order valence-electron chi connectivity index (χ4n) is 2.05. The molecule has 0 atom stereocenters. The van der Waals surface area contributed by atoms with Crippen LogP contribution in [0.15, 0.2) is 16.8 Å². The molecule has 1 aromatic heterocycles. The SMILES string of the molecule is CC1(c2ccsc2)CCCC1. The molecule has 1 heteroatoms. The molecule has 0 unspecified atom stereocenters. The summed E-state index contributed by atoms with van der Waals surface area (Å²) in [5.74, 6) is 0. The van der Waals surface area contributed by atoms with Crippen molar-refractivity contribution in [3.63, 3.8) is 0 Å². The molecule has 1 aliphatic carbocycles. The zero-order chi connectivity index (χ0) is 7.73. The van der Waals surface area contributed by atoms with E-state index >= 15 is 0 Å². The highest BCUT2D eigenvalue weighted by Gasteiger charge is 2.30. The summed E-state index contributed by atoms with van der Waals surface area (Å²) in [4.78, 5) is 0. The summed E-state index contributed by atoms with van der Waals surface area (Å²) in [6, 6.07) is 2.29. The van der Waals surface area contributed by atoms with Crippen LogP contribution in [-0.4, -0.2) is 0 Å². The molecular formula is C10H14S. The Bertz CT molecular complexity index is 217. The normalized spacial score (nSPS) is 22.3. The zero-order valence-electron chi connectivity index (χ0n) is 6.97. The van der Waals surface area contributed by atoms with E-state index in [4.69, 9.17) is 0 Å². The molecule has 0 saturated heterocycles. The van der Waals surface area contributed by atoms with E-state index in [1.807, 2.05) is 11.3 Å². The number of thiophene rings is 1. The maximum atomic E-state index is 2.40.